The smallest absolute Gasteiger partial charge is 0.244 e. The highest BCUT2D eigenvalue weighted by Crippen LogP contribution is 2.30. The molecule has 0 aliphatic heterocycles. The van der Waals surface area contributed by atoms with Crippen LogP contribution in [0, 0.1) is 5.82 Å². The molecule has 0 unspecified atom stereocenters. The van der Waals surface area contributed by atoms with Gasteiger partial charge in [0.05, 0.1) is 10.0 Å². The first-order valence-electron chi connectivity index (χ1n) is 4.98. The van der Waals surface area contributed by atoms with Crippen molar-refractivity contribution in [2.75, 3.05) is 6.54 Å². The Bertz CT molecular complexity index is 541. The van der Waals surface area contributed by atoms with Gasteiger partial charge >= 0.3 is 0 Å². The van der Waals surface area contributed by atoms with Crippen LogP contribution in [0.25, 0.3) is 0 Å². The SMILES string of the molecule is CC(C)(CN)NS(=O)(=O)c1c(Cl)cc(F)cc1Cl.Cl. The molecule has 1 rings (SSSR count). The van der Waals surface area contributed by atoms with Gasteiger partial charge < -0.3 is 5.73 Å². The van der Waals surface area contributed by atoms with E-state index in [0.717, 1.165) is 12.1 Å². The lowest BCUT2D eigenvalue weighted by Gasteiger charge is -2.24. The fraction of sp³-hybridized carbons (Fsp3) is 0.400. The van der Waals surface area contributed by atoms with Crippen LogP contribution in [0.5, 0.6) is 0 Å². The number of sulfonamides is 1. The summed E-state index contributed by atoms with van der Waals surface area (Å²) in [6, 6.07) is 1.77. The Morgan fingerprint density at radius 2 is 1.74 bits per heavy atom. The first-order chi connectivity index (χ1) is 8.09. The van der Waals surface area contributed by atoms with Crippen molar-refractivity contribution in [3.05, 3.63) is 28.0 Å². The monoisotopic (exact) mass is 350 g/mol. The molecule has 4 nitrogen and oxygen atoms in total. The second kappa shape index (κ2) is 6.56. The van der Waals surface area contributed by atoms with Crippen molar-refractivity contribution in [3.63, 3.8) is 0 Å². The molecule has 0 spiro atoms. The zero-order chi connectivity index (χ0) is 14.1. The van der Waals surface area contributed by atoms with Crippen LogP contribution in [0.4, 0.5) is 4.39 Å². The Morgan fingerprint density at radius 1 is 1.32 bits per heavy atom. The van der Waals surface area contributed by atoms with E-state index in [9.17, 15) is 12.8 Å². The molecule has 19 heavy (non-hydrogen) atoms. The molecule has 3 N–H and O–H groups in total. The van der Waals surface area contributed by atoms with Gasteiger partial charge in [-0.1, -0.05) is 23.2 Å². The van der Waals surface area contributed by atoms with E-state index in [4.69, 9.17) is 28.9 Å². The fourth-order valence-corrected chi connectivity index (χ4v) is 3.86. The molecule has 110 valence electrons. The Kier molecular flexibility index (Phi) is 6.52. The van der Waals surface area contributed by atoms with Crippen molar-refractivity contribution in [1.29, 1.82) is 0 Å². The van der Waals surface area contributed by atoms with E-state index in [0.29, 0.717) is 0 Å². The molecule has 0 amide bonds. The quantitative estimate of drug-likeness (QED) is 0.875. The average Bonchev–Trinajstić information content (AvgIpc) is 2.13. The Hall–Kier alpha value is -0.110. The van der Waals surface area contributed by atoms with Gasteiger partial charge in [0.15, 0.2) is 0 Å². The molecule has 0 atom stereocenters. The predicted octanol–water partition coefficient (Wildman–Crippen LogP) is 2.57. The van der Waals surface area contributed by atoms with Gasteiger partial charge in [0, 0.05) is 12.1 Å². The molecule has 0 saturated carbocycles. The van der Waals surface area contributed by atoms with E-state index >= 15 is 0 Å². The molecule has 0 heterocycles. The van der Waals surface area contributed by atoms with Gasteiger partial charge in [0.2, 0.25) is 10.0 Å². The molecule has 9 heteroatoms. The molecule has 1 aromatic rings. The summed E-state index contributed by atoms with van der Waals surface area (Å²) in [4.78, 5) is -0.353. The highest BCUT2D eigenvalue weighted by molar-refractivity contribution is 7.89. The fourth-order valence-electron chi connectivity index (χ4n) is 1.24. The van der Waals surface area contributed by atoms with Gasteiger partial charge in [-0.05, 0) is 26.0 Å². The number of benzene rings is 1. The van der Waals surface area contributed by atoms with Crippen LogP contribution in [0.2, 0.25) is 10.0 Å². The maximum absolute atomic E-state index is 13.0. The summed E-state index contributed by atoms with van der Waals surface area (Å²) in [5, 5.41) is -0.555. The van der Waals surface area contributed by atoms with Gasteiger partial charge in [-0.3, -0.25) is 0 Å². The molecule has 0 aliphatic rings. The lowest BCUT2D eigenvalue weighted by molar-refractivity contribution is 0.462. The normalized spacial score (nSPS) is 12.1. The van der Waals surface area contributed by atoms with E-state index in [2.05, 4.69) is 4.72 Å². The first kappa shape index (κ1) is 18.9. The second-order valence-corrected chi connectivity index (χ2v) is 6.83. The van der Waals surface area contributed by atoms with Gasteiger partial charge in [0.1, 0.15) is 10.7 Å². The largest absolute Gasteiger partial charge is 0.329 e. The number of rotatable bonds is 4. The van der Waals surface area contributed by atoms with Crippen molar-refractivity contribution < 1.29 is 12.8 Å². The molecular formula is C10H14Cl3FN2O2S. The van der Waals surface area contributed by atoms with Crippen molar-refractivity contribution >= 4 is 45.6 Å². The van der Waals surface area contributed by atoms with Crippen LogP contribution in [0.15, 0.2) is 17.0 Å². The number of nitrogens with two attached hydrogens (primary N) is 1. The maximum Gasteiger partial charge on any atom is 0.244 e. The molecule has 1 aromatic carbocycles. The summed E-state index contributed by atoms with van der Waals surface area (Å²) in [6.45, 7) is 3.30. The third-order valence-corrected chi connectivity index (χ3v) is 4.77. The maximum atomic E-state index is 13.0. The third kappa shape index (κ3) is 4.73. The zero-order valence-electron chi connectivity index (χ0n) is 10.2. The Balaban J connectivity index is 0.00000324. The van der Waals surface area contributed by atoms with Crippen molar-refractivity contribution in [2.45, 2.75) is 24.3 Å². The minimum Gasteiger partial charge on any atom is -0.329 e. The molecule has 0 aromatic heterocycles. The summed E-state index contributed by atoms with van der Waals surface area (Å²) in [5.41, 5.74) is 4.58. The van der Waals surface area contributed by atoms with Crippen LogP contribution < -0.4 is 10.5 Å². The molecular weight excluding hydrogens is 338 g/mol. The van der Waals surface area contributed by atoms with Crippen LogP contribution in [-0.2, 0) is 10.0 Å². The third-order valence-electron chi connectivity index (χ3n) is 2.15. The van der Waals surface area contributed by atoms with Crippen LogP contribution in [0.3, 0.4) is 0 Å². The molecule has 0 bridgehead atoms. The summed E-state index contributed by atoms with van der Waals surface area (Å²) in [5.74, 6) is -0.706. The summed E-state index contributed by atoms with van der Waals surface area (Å²) in [7, 11) is -3.97. The lowest BCUT2D eigenvalue weighted by atomic mass is 10.1. The molecule has 0 aliphatic carbocycles. The Labute approximate surface area is 127 Å². The highest BCUT2D eigenvalue weighted by Gasteiger charge is 2.29. The highest BCUT2D eigenvalue weighted by atomic mass is 35.5. The van der Waals surface area contributed by atoms with E-state index in [1.165, 1.54) is 0 Å². The number of halogens is 4. The summed E-state index contributed by atoms with van der Waals surface area (Å²) < 4.78 is 39.6. The minimum atomic E-state index is -3.97. The van der Waals surface area contributed by atoms with E-state index in [1.807, 2.05) is 0 Å². The molecule has 0 fully saturated rings. The number of hydrogen-bond donors (Lipinski definition) is 2. The number of hydrogen-bond acceptors (Lipinski definition) is 3. The second-order valence-electron chi connectivity index (χ2n) is 4.39. The van der Waals surface area contributed by atoms with E-state index in [1.54, 1.807) is 13.8 Å². The lowest BCUT2D eigenvalue weighted by Crippen LogP contribution is -2.48. The van der Waals surface area contributed by atoms with Gasteiger partial charge in [-0.15, -0.1) is 12.4 Å². The molecule has 0 saturated heterocycles. The van der Waals surface area contributed by atoms with Crippen LogP contribution >= 0.6 is 35.6 Å². The van der Waals surface area contributed by atoms with E-state index in [-0.39, 0.29) is 33.9 Å². The summed E-state index contributed by atoms with van der Waals surface area (Å²) in [6.07, 6.45) is 0. The van der Waals surface area contributed by atoms with Crippen LogP contribution in [0.1, 0.15) is 13.8 Å². The van der Waals surface area contributed by atoms with Gasteiger partial charge in [-0.2, -0.15) is 0 Å². The zero-order valence-corrected chi connectivity index (χ0v) is 13.4. The number of nitrogens with one attached hydrogen (secondary N) is 1. The van der Waals surface area contributed by atoms with E-state index < -0.39 is 21.4 Å². The predicted molar refractivity (Wildman–Crippen MR) is 77.1 cm³/mol. The topological polar surface area (TPSA) is 72.2 Å². The van der Waals surface area contributed by atoms with Crippen molar-refractivity contribution in [2.24, 2.45) is 5.73 Å². The Morgan fingerprint density at radius 3 is 2.11 bits per heavy atom. The van der Waals surface area contributed by atoms with Gasteiger partial charge in [0.25, 0.3) is 0 Å². The standard InChI is InChI=1S/C10H13Cl2FN2O2S.ClH/c1-10(2,5-14)15-18(16,17)9-7(11)3-6(13)4-8(9)12;/h3-4,15H,5,14H2,1-2H3;1H. The van der Waals surface area contributed by atoms with Crippen molar-refractivity contribution in [1.82, 2.24) is 4.72 Å². The molecule has 0 radical (unpaired) electrons. The minimum absolute atomic E-state index is 0. The van der Waals surface area contributed by atoms with Crippen LogP contribution in [-0.4, -0.2) is 20.5 Å². The van der Waals surface area contributed by atoms with Gasteiger partial charge in [-0.25, -0.2) is 17.5 Å². The van der Waals surface area contributed by atoms with Crippen molar-refractivity contribution in [3.8, 4) is 0 Å². The first-order valence-corrected chi connectivity index (χ1v) is 7.21. The summed E-state index contributed by atoms with van der Waals surface area (Å²) >= 11 is 11.4. The average molecular weight is 352 g/mol.